The number of hydrogen-bond donors (Lipinski definition) is 0. The van der Waals surface area contributed by atoms with Gasteiger partial charge in [0, 0.05) is 23.7 Å². The minimum absolute atomic E-state index is 0.388. The van der Waals surface area contributed by atoms with Gasteiger partial charge in [0.2, 0.25) is 0 Å². The highest BCUT2D eigenvalue weighted by molar-refractivity contribution is 5.85. The van der Waals surface area contributed by atoms with Crippen LogP contribution in [-0.4, -0.2) is 4.98 Å². The molecule has 3 aromatic rings. The maximum atomic E-state index is 4.25. The lowest BCUT2D eigenvalue weighted by atomic mass is 9.90. The van der Waals surface area contributed by atoms with E-state index in [4.69, 9.17) is 0 Å². The van der Waals surface area contributed by atoms with Crippen LogP contribution >= 0.6 is 0 Å². The molecule has 88 valence electrons. The van der Waals surface area contributed by atoms with Crippen LogP contribution in [0.2, 0.25) is 0 Å². The second kappa shape index (κ2) is 4.61. The summed E-state index contributed by atoms with van der Waals surface area (Å²) in [6.45, 7) is 2.25. The van der Waals surface area contributed by atoms with E-state index < -0.39 is 0 Å². The first kappa shape index (κ1) is 11.0. The fraction of sp³-hybridized carbons (Fsp3) is 0.118. The predicted molar refractivity (Wildman–Crippen MR) is 75.7 cm³/mol. The van der Waals surface area contributed by atoms with Gasteiger partial charge in [-0.15, -0.1) is 0 Å². The molecule has 3 rings (SSSR count). The molecule has 0 radical (unpaired) electrons. The van der Waals surface area contributed by atoms with Gasteiger partial charge in [-0.25, -0.2) is 0 Å². The van der Waals surface area contributed by atoms with E-state index >= 15 is 0 Å². The van der Waals surface area contributed by atoms with E-state index in [1.807, 2.05) is 12.4 Å². The average molecular weight is 233 g/mol. The molecule has 0 aliphatic heterocycles. The third kappa shape index (κ3) is 1.88. The Kier molecular flexibility index (Phi) is 2.81. The van der Waals surface area contributed by atoms with Crippen molar-refractivity contribution >= 4 is 10.8 Å². The van der Waals surface area contributed by atoms with Crippen molar-refractivity contribution in [1.29, 1.82) is 0 Å². The Labute approximate surface area is 107 Å². The Morgan fingerprint density at radius 1 is 0.889 bits per heavy atom. The zero-order chi connectivity index (χ0) is 12.4. The van der Waals surface area contributed by atoms with Crippen LogP contribution in [0.25, 0.3) is 10.8 Å². The molecule has 18 heavy (non-hydrogen) atoms. The lowest BCUT2D eigenvalue weighted by Gasteiger charge is -2.14. The van der Waals surface area contributed by atoms with Crippen LogP contribution in [0.4, 0.5) is 0 Å². The monoisotopic (exact) mass is 233 g/mol. The molecule has 0 N–H and O–H groups in total. The minimum Gasteiger partial charge on any atom is -0.264 e. The SMILES string of the molecule is CC(c1ccccc1)c1cccc2ccncc12. The molecule has 1 nitrogen and oxygen atoms in total. The molecule has 1 heteroatoms. The van der Waals surface area contributed by atoms with Crippen molar-refractivity contribution in [2.45, 2.75) is 12.8 Å². The summed E-state index contributed by atoms with van der Waals surface area (Å²) in [6.07, 6.45) is 3.81. The topological polar surface area (TPSA) is 12.9 Å². The number of rotatable bonds is 2. The van der Waals surface area contributed by atoms with E-state index in [2.05, 4.69) is 66.5 Å². The molecule has 0 saturated heterocycles. The summed E-state index contributed by atoms with van der Waals surface area (Å²) in [5.41, 5.74) is 2.68. The first-order chi connectivity index (χ1) is 8.86. The Morgan fingerprint density at radius 2 is 1.72 bits per heavy atom. The van der Waals surface area contributed by atoms with Crippen molar-refractivity contribution < 1.29 is 0 Å². The van der Waals surface area contributed by atoms with Gasteiger partial charge in [-0.05, 0) is 22.6 Å². The fourth-order valence-corrected chi connectivity index (χ4v) is 2.44. The van der Waals surface area contributed by atoms with Crippen LogP contribution in [0.15, 0.2) is 67.0 Å². The number of pyridine rings is 1. The molecule has 0 aliphatic rings. The number of nitrogens with zero attached hydrogens (tertiary/aromatic N) is 1. The predicted octanol–water partition coefficient (Wildman–Crippen LogP) is 4.39. The van der Waals surface area contributed by atoms with Crippen LogP contribution in [-0.2, 0) is 0 Å². The van der Waals surface area contributed by atoms with Gasteiger partial charge in [0.15, 0.2) is 0 Å². The van der Waals surface area contributed by atoms with Crippen molar-refractivity contribution in [2.24, 2.45) is 0 Å². The van der Waals surface area contributed by atoms with Crippen molar-refractivity contribution in [3.8, 4) is 0 Å². The van der Waals surface area contributed by atoms with Gasteiger partial charge in [0.25, 0.3) is 0 Å². The quantitative estimate of drug-likeness (QED) is 0.639. The molecule has 2 aromatic carbocycles. The second-order valence-electron chi connectivity index (χ2n) is 4.58. The summed E-state index contributed by atoms with van der Waals surface area (Å²) in [5, 5.41) is 2.50. The first-order valence-corrected chi connectivity index (χ1v) is 6.24. The van der Waals surface area contributed by atoms with Gasteiger partial charge in [0.05, 0.1) is 0 Å². The smallest absolute Gasteiger partial charge is 0.0349 e. The van der Waals surface area contributed by atoms with Gasteiger partial charge in [-0.1, -0.05) is 55.5 Å². The van der Waals surface area contributed by atoms with Crippen molar-refractivity contribution in [3.05, 3.63) is 78.1 Å². The normalized spacial score (nSPS) is 12.5. The second-order valence-corrected chi connectivity index (χ2v) is 4.58. The Morgan fingerprint density at radius 3 is 2.56 bits per heavy atom. The summed E-state index contributed by atoms with van der Waals surface area (Å²) >= 11 is 0. The van der Waals surface area contributed by atoms with Gasteiger partial charge < -0.3 is 0 Å². The molecule has 0 fully saturated rings. The third-order valence-electron chi connectivity index (χ3n) is 3.48. The van der Waals surface area contributed by atoms with Gasteiger partial charge in [-0.3, -0.25) is 4.98 Å². The van der Waals surface area contributed by atoms with Crippen LogP contribution in [0.3, 0.4) is 0 Å². The molecule has 1 atom stereocenters. The van der Waals surface area contributed by atoms with E-state index in [9.17, 15) is 0 Å². The van der Waals surface area contributed by atoms with E-state index in [-0.39, 0.29) is 0 Å². The summed E-state index contributed by atoms with van der Waals surface area (Å²) < 4.78 is 0. The molecular weight excluding hydrogens is 218 g/mol. The van der Waals surface area contributed by atoms with Crippen molar-refractivity contribution in [3.63, 3.8) is 0 Å². The molecule has 0 spiro atoms. The number of hydrogen-bond acceptors (Lipinski definition) is 1. The third-order valence-corrected chi connectivity index (χ3v) is 3.48. The standard InChI is InChI=1S/C17H15N/c1-13(14-6-3-2-4-7-14)16-9-5-8-15-10-11-18-12-17(15)16/h2-13H,1H3. The molecule has 1 unspecified atom stereocenters. The fourth-order valence-electron chi connectivity index (χ4n) is 2.44. The summed E-state index contributed by atoms with van der Waals surface area (Å²) in [6, 6.07) is 19.1. The zero-order valence-corrected chi connectivity index (χ0v) is 10.4. The lowest BCUT2D eigenvalue weighted by Crippen LogP contribution is -1.97. The van der Waals surface area contributed by atoms with Crippen LogP contribution in [0.5, 0.6) is 0 Å². The highest BCUT2D eigenvalue weighted by Crippen LogP contribution is 2.29. The first-order valence-electron chi connectivity index (χ1n) is 6.24. The van der Waals surface area contributed by atoms with Crippen LogP contribution in [0, 0.1) is 0 Å². The molecule has 0 bridgehead atoms. The Bertz CT molecular complexity index is 653. The average Bonchev–Trinajstić information content (AvgIpc) is 2.47. The molecule has 1 heterocycles. The maximum absolute atomic E-state index is 4.25. The Balaban J connectivity index is 2.15. The molecule has 1 aromatic heterocycles. The van der Waals surface area contributed by atoms with E-state index in [1.165, 1.54) is 21.9 Å². The van der Waals surface area contributed by atoms with Gasteiger partial charge in [-0.2, -0.15) is 0 Å². The largest absolute Gasteiger partial charge is 0.264 e. The molecule has 0 aliphatic carbocycles. The van der Waals surface area contributed by atoms with E-state index in [0.717, 1.165) is 0 Å². The van der Waals surface area contributed by atoms with Gasteiger partial charge in [0.1, 0.15) is 0 Å². The minimum atomic E-state index is 0.388. The highest BCUT2D eigenvalue weighted by Gasteiger charge is 2.10. The molecule has 0 saturated carbocycles. The highest BCUT2D eigenvalue weighted by atomic mass is 14.6. The zero-order valence-electron chi connectivity index (χ0n) is 10.4. The maximum Gasteiger partial charge on any atom is 0.0349 e. The number of fused-ring (bicyclic) bond motifs is 1. The number of aromatic nitrogens is 1. The van der Waals surface area contributed by atoms with Crippen molar-refractivity contribution in [2.75, 3.05) is 0 Å². The molecular formula is C17H15N. The summed E-state index contributed by atoms with van der Waals surface area (Å²) in [4.78, 5) is 4.25. The van der Waals surface area contributed by atoms with E-state index in [0.29, 0.717) is 5.92 Å². The van der Waals surface area contributed by atoms with Crippen LogP contribution < -0.4 is 0 Å². The summed E-state index contributed by atoms with van der Waals surface area (Å²) in [7, 11) is 0. The molecule has 0 amide bonds. The lowest BCUT2D eigenvalue weighted by molar-refractivity contribution is 0.932. The number of benzene rings is 2. The summed E-state index contributed by atoms with van der Waals surface area (Å²) in [5.74, 6) is 0.388. The van der Waals surface area contributed by atoms with Gasteiger partial charge >= 0.3 is 0 Å². The Hall–Kier alpha value is -2.15. The van der Waals surface area contributed by atoms with E-state index in [1.54, 1.807) is 0 Å². The van der Waals surface area contributed by atoms with Crippen molar-refractivity contribution in [1.82, 2.24) is 4.98 Å². The van der Waals surface area contributed by atoms with Crippen LogP contribution in [0.1, 0.15) is 24.0 Å².